The summed E-state index contributed by atoms with van der Waals surface area (Å²) in [7, 11) is 0. The van der Waals surface area contributed by atoms with Crippen molar-refractivity contribution in [3.63, 3.8) is 0 Å². The van der Waals surface area contributed by atoms with Crippen molar-refractivity contribution >= 4 is 12.1 Å². The van der Waals surface area contributed by atoms with Crippen molar-refractivity contribution in [1.82, 2.24) is 4.90 Å². The second kappa shape index (κ2) is 5.59. The maximum absolute atomic E-state index is 12.0. The summed E-state index contributed by atoms with van der Waals surface area (Å²) in [4.78, 5) is 24.6. The summed E-state index contributed by atoms with van der Waals surface area (Å²) in [5.74, 6) is -0.892. The molecular weight excluding hydrogens is 234 g/mol. The van der Waals surface area contributed by atoms with Gasteiger partial charge in [-0.05, 0) is 39.5 Å². The van der Waals surface area contributed by atoms with E-state index in [-0.39, 0.29) is 5.92 Å². The Labute approximate surface area is 108 Å². The van der Waals surface area contributed by atoms with Gasteiger partial charge < -0.3 is 9.84 Å². The molecule has 5 heteroatoms. The third kappa shape index (κ3) is 3.62. The number of carboxylic acid groups (broad SMARTS) is 1. The molecule has 1 heterocycles. The van der Waals surface area contributed by atoms with E-state index in [1.165, 1.54) is 4.90 Å². The Morgan fingerprint density at radius 3 is 2.44 bits per heavy atom. The minimum atomic E-state index is -0.934. The number of likely N-dealkylation sites (tertiary alicyclic amines) is 1. The van der Waals surface area contributed by atoms with Crippen LogP contribution in [-0.2, 0) is 9.53 Å². The second-order valence-corrected chi connectivity index (χ2v) is 5.79. The predicted molar refractivity (Wildman–Crippen MR) is 67.4 cm³/mol. The van der Waals surface area contributed by atoms with Gasteiger partial charge in [-0.1, -0.05) is 13.3 Å². The average molecular weight is 257 g/mol. The van der Waals surface area contributed by atoms with E-state index in [1.54, 1.807) is 20.8 Å². The van der Waals surface area contributed by atoms with Crippen LogP contribution in [0.25, 0.3) is 0 Å². The van der Waals surface area contributed by atoms with Crippen molar-refractivity contribution in [3.8, 4) is 0 Å². The molecule has 0 saturated carbocycles. The minimum absolute atomic E-state index is 0.0417. The van der Waals surface area contributed by atoms with Gasteiger partial charge in [0.05, 0.1) is 0 Å². The smallest absolute Gasteiger partial charge is 0.411 e. The molecule has 1 fully saturated rings. The van der Waals surface area contributed by atoms with Crippen molar-refractivity contribution in [2.45, 2.75) is 58.6 Å². The summed E-state index contributed by atoms with van der Waals surface area (Å²) >= 11 is 0. The molecule has 2 atom stereocenters. The molecule has 1 rings (SSSR count). The van der Waals surface area contributed by atoms with Gasteiger partial charge in [0, 0.05) is 6.54 Å². The Bertz CT molecular complexity index is 321. The van der Waals surface area contributed by atoms with Crippen LogP contribution in [0.3, 0.4) is 0 Å². The van der Waals surface area contributed by atoms with Crippen LogP contribution < -0.4 is 0 Å². The first kappa shape index (κ1) is 14.8. The molecule has 0 aromatic heterocycles. The number of aliphatic carboxylic acids is 1. The number of rotatable bonds is 3. The first-order valence-corrected chi connectivity index (χ1v) is 6.48. The van der Waals surface area contributed by atoms with Gasteiger partial charge in [-0.15, -0.1) is 0 Å². The van der Waals surface area contributed by atoms with E-state index in [2.05, 4.69) is 0 Å². The van der Waals surface area contributed by atoms with E-state index in [0.29, 0.717) is 6.54 Å². The largest absolute Gasteiger partial charge is 0.480 e. The lowest BCUT2D eigenvalue weighted by atomic mass is 9.95. The van der Waals surface area contributed by atoms with E-state index in [0.717, 1.165) is 19.3 Å². The summed E-state index contributed by atoms with van der Waals surface area (Å²) in [6.07, 6.45) is 1.98. The quantitative estimate of drug-likeness (QED) is 0.843. The van der Waals surface area contributed by atoms with Crippen LogP contribution in [0.5, 0.6) is 0 Å². The lowest BCUT2D eigenvalue weighted by Gasteiger charge is -2.28. The Morgan fingerprint density at radius 1 is 1.39 bits per heavy atom. The van der Waals surface area contributed by atoms with Gasteiger partial charge in [0.15, 0.2) is 0 Å². The molecule has 1 amide bonds. The number of nitrogens with zero attached hydrogens (tertiary/aromatic N) is 1. The van der Waals surface area contributed by atoms with E-state index >= 15 is 0 Å². The normalized spacial score (nSPS) is 24.1. The molecular formula is C13H23NO4. The van der Waals surface area contributed by atoms with Crippen LogP contribution in [0, 0.1) is 5.92 Å². The van der Waals surface area contributed by atoms with E-state index in [9.17, 15) is 14.7 Å². The summed E-state index contributed by atoms with van der Waals surface area (Å²) in [5, 5.41) is 9.28. The highest BCUT2D eigenvalue weighted by Crippen LogP contribution is 2.29. The van der Waals surface area contributed by atoms with Gasteiger partial charge in [0.25, 0.3) is 0 Å². The number of carbonyl (C=O) groups is 2. The molecule has 0 aliphatic carbocycles. The lowest BCUT2D eigenvalue weighted by molar-refractivity contribution is -0.143. The number of carboxylic acids is 1. The number of ether oxygens (including phenoxy) is 1. The standard InChI is InChI=1S/C13H23NO4/c1-5-6-9-7-8-14(10(9)11(15)16)12(17)18-13(2,3)4/h9-10H,5-8H2,1-4H3,(H,15,16)/t9-,10+/m0/s1. The summed E-state index contributed by atoms with van der Waals surface area (Å²) in [6, 6.07) is -0.736. The highest BCUT2D eigenvalue weighted by atomic mass is 16.6. The van der Waals surface area contributed by atoms with Crippen LogP contribution in [0.4, 0.5) is 4.79 Å². The average Bonchev–Trinajstić information content (AvgIpc) is 2.59. The molecule has 18 heavy (non-hydrogen) atoms. The first-order chi connectivity index (χ1) is 8.26. The molecule has 0 spiro atoms. The van der Waals surface area contributed by atoms with Crippen molar-refractivity contribution in [2.75, 3.05) is 6.54 Å². The van der Waals surface area contributed by atoms with Crippen LogP contribution in [0.15, 0.2) is 0 Å². The molecule has 1 aliphatic rings. The molecule has 0 radical (unpaired) electrons. The van der Waals surface area contributed by atoms with Crippen molar-refractivity contribution in [1.29, 1.82) is 0 Å². The van der Waals surface area contributed by atoms with Gasteiger partial charge in [0.1, 0.15) is 11.6 Å². The molecule has 5 nitrogen and oxygen atoms in total. The highest BCUT2D eigenvalue weighted by Gasteiger charge is 2.42. The highest BCUT2D eigenvalue weighted by molar-refractivity contribution is 5.81. The minimum Gasteiger partial charge on any atom is -0.480 e. The van der Waals surface area contributed by atoms with Gasteiger partial charge in [0.2, 0.25) is 0 Å². The van der Waals surface area contributed by atoms with E-state index in [1.807, 2.05) is 6.92 Å². The number of amides is 1. The molecule has 1 aliphatic heterocycles. The summed E-state index contributed by atoms with van der Waals surface area (Å²) in [6.45, 7) is 7.83. The van der Waals surface area contributed by atoms with Gasteiger partial charge >= 0.3 is 12.1 Å². The fourth-order valence-corrected chi connectivity index (χ4v) is 2.39. The topological polar surface area (TPSA) is 66.8 Å². The van der Waals surface area contributed by atoms with Gasteiger partial charge in [-0.25, -0.2) is 9.59 Å². The summed E-state index contributed by atoms with van der Waals surface area (Å²) in [5.41, 5.74) is -0.594. The SMILES string of the molecule is CCC[C@H]1CCN(C(=O)OC(C)(C)C)[C@H]1C(=O)O. The monoisotopic (exact) mass is 257 g/mol. The van der Waals surface area contributed by atoms with E-state index < -0.39 is 23.7 Å². The fraction of sp³-hybridized carbons (Fsp3) is 0.846. The predicted octanol–water partition coefficient (Wildman–Crippen LogP) is 2.50. The fourth-order valence-electron chi connectivity index (χ4n) is 2.39. The molecule has 0 aromatic carbocycles. The number of carbonyl (C=O) groups excluding carboxylic acids is 1. The molecule has 1 N–H and O–H groups in total. The maximum atomic E-state index is 12.0. The Kier molecular flexibility index (Phi) is 4.59. The first-order valence-electron chi connectivity index (χ1n) is 6.48. The van der Waals surface area contributed by atoms with Gasteiger partial charge in [-0.2, -0.15) is 0 Å². The molecule has 104 valence electrons. The maximum Gasteiger partial charge on any atom is 0.411 e. The van der Waals surface area contributed by atoms with Crippen LogP contribution in [0.1, 0.15) is 47.0 Å². The van der Waals surface area contributed by atoms with Crippen LogP contribution in [0.2, 0.25) is 0 Å². The molecule has 0 unspecified atom stereocenters. The van der Waals surface area contributed by atoms with Crippen molar-refractivity contribution < 1.29 is 19.4 Å². The molecule has 1 saturated heterocycles. The Morgan fingerprint density at radius 2 is 2.00 bits per heavy atom. The Balaban J connectivity index is 2.76. The van der Waals surface area contributed by atoms with Crippen LogP contribution in [-0.4, -0.2) is 40.3 Å². The molecule has 0 bridgehead atoms. The van der Waals surface area contributed by atoms with E-state index in [4.69, 9.17) is 4.74 Å². The summed E-state index contributed by atoms with van der Waals surface area (Å²) < 4.78 is 5.25. The Hall–Kier alpha value is -1.26. The number of hydrogen-bond donors (Lipinski definition) is 1. The van der Waals surface area contributed by atoms with Crippen molar-refractivity contribution in [3.05, 3.63) is 0 Å². The number of hydrogen-bond acceptors (Lipinski definition) is 3. The van der Waals surface area contributed by atoms with Gasteiger partial charge in [-0.3, -0.25) is 4.90 Å². The zero-order chi connectivity index (χ0) is 13.9. The molecule has 0 aromatic rings. The van der Waals surface area contributed by atoms with Crippen molar-refractivity contribution in [2.24, 2.45) is 5.92 Å². The van der Waals surface area contributed by atoms with Crippen LogP contribution >= 0.6 is 0 Å². The second-order valence-electron chi connectivity index (χ2n) is 5.79. The third-order valence-corrected chi connectivity index (χ3v) is 3.06. The third-order valence-electron chi connectivity index (χ3n) is 3.06. The lowest BCUT2D eigenvalue weighted by Crippen LogP contribution is -2.45. The zero-order valence-corrected chi connectivity index (χ0v) is 11.6. The zero-order valence-electron chi connectivity index (χ0n) is 11.6.